The molecule has 1 fully saturated rings. The Morgan fingerprint density at radius 1 is 1.39 bits per heavy atom. The van der Waals surface area contributed by atoms with Gasteiger partial charge in [-0.3, -0.25) is 10.3 Å². The molecule has 1 aromatic rings. The highest BCUT2D eigenvalue weighted by Crippen LogP contribution is 2.13. The van der Waals surface area contributed by atoms with Crippen molar-refractivity contribution in [3.05, 3.63) is 35.4 Å². The third-order valence-corrected chi connectivity index (χ3v) is 2.83. The van der Waals surface area contributed by atoms with Gasteiger partial charge < -0.3 is 10.5 Å². The fourth-order valence-electron chi connectivity index (χ4n) is 1.99. The Morgan fingerprint density at radius 2 is 2.06 bits per heavy atom. The van der Waals surface area contributed by atoms with Crippen LogP contribution in [0.1, 0.15) is 5.56 Å². The van der Waals surface area contributed by atoms with E-state index in [0.717, 1.165) is 6.07 Å². The molecule has 0 bridgehead atoms. The highest BCUT2D eigenvalue weighted by atomic mass is 19.1. The van der Waals surface area contributed by atoms with Crippen molar-refractivity contribution in [2.45, 2.75) is 12.6 Å². The number of morpholine rings is 1. The number of benzene rings is 1. The molecule has 1 heterocycles. The molecule has 6 heteroatoms. The van der Waals surface area contributed by atoms with Crippen LogP contribution in [0.15, 0.2) is 18.2 Å². The van der Waals surface area contributed by atoms with Crippen molar-refractivity contribution >= 4 is 5.84 Å². The van der Waals surface area contributed by atoms with E-state index in [1.54, 1.807) is 0 Å². The minimum atomic E-state index is -0.582. The van der Waals surface area contributed by atoms with Crippen molar-refractivity contribution in [3.63, 3.8) is 0 Å². The normalized spacial score (nSPS) is 20.9. The molecular weight excluding hydrogens is 240 g/mol. The van der Waals surface area contributed by atoms with Gasteiger partial charge in [-0.2, -0.15) is 0 Å². The molecule has 3 N–H and O–H groups in total. The predicted molar refractivity (Wildman–Crippen MR) is 63.3 cm³/mol. The van der Waals surface area contributed by atoms with Gasteiger partial charge in [0.1, 0.15) is 23.6 Å². The molecule has 1 atom stereocenters. The van der Waals surface area contributed by atoms with Crippen LogP contribution in [0.4, 0.5) is 8.78 Å². The number of nitrogens with zero attached hydrogens (tertiary/aromatic N) is 1. The molecule has 4 nitrogen and oxygen atoms in total. The van der Waals surface area contributed by atoms with Crippen molar-refractivity contribution in [1.82, 2.24) is 4.90 Å². The fourth-order valence-corrected chi connectivity index (χ4v) is 1.99. The van der Waals surface area contributed by atoms with Gasteiger partial charge in [0.2, 0.25) is 0 Å². The fraction of sp³-hybridized carbons (Fsp3) is 0.417. The van der Waals surface area contributed by atoms with Crippen LogP contribution >= 0.6 is 0 Å². The summed E-state index contributed by atoms with van der Waals surface area (Å²) in [5.41, 5.74) is 5.95. The Labute approximate surface area is 104 Å². The third-order valence-electron chi connectivity index (χ3n) is 2.83. The van der Waals surface area contributed by atoms with Gasteiger partial charge in [-0.1, -0.05) is 0 Å². The molecule has 1 aromatic carbocycles. The zero-order chi connectivity index (χ0) is 13.1. The van der Waals surface area contributed by atoms with E-state index in [4.69, 9.17) is 15.9 Å². The van der Waals surface area contributed by atoms with Crippen LogP contribution in [0.5, 0.6) is 0 Å². The number of amidine groups is 1. The summed E-state index contributed by atoms with van der Waals surface area (Å²) in [5, 5.41) is 7.33. The second-order valence-corrected chi connectivity index (χ2v) is 4.33. The second-order valence-electron chi connectivity index (χ2n) is 4.33. The molecule has 18 heavy (non-hydrogen) atoms. The average molecular weight is 255 g/mol. The molecule has 1 saturated heterocycles. The summed E-state index contributed by atoms with van der Waals surface area (Å²) in [6.07, 6.45) is -0.433. The number of rotatable bonds is 3. The molecule has 1 aliphatic rings. The number of nitrogens with one attached hydrogen (secondary N) is 1. The summed E-state index contributed by atoms with van der Waals surface area (Å²) in [6.45, 7) is 2.00. The molecule has 0 spiro atoms. The van der Waals surface area contributed by atoms with Gasteiger partial charge in [-0.05, 0) is 17.7 Å². The lowest BCUT2D eigenvalue weighted by Gasteiger charge is -2.32. The molecule has 0 radical (unpaired) electrons. The first-order chi connectivity index (χ1) is 8.54. The Bertz CT molecular complexity index is 433. The molecule has 2 rings (SSSR count). The van der Waals surface area contributed by atoms with Crippen molar-refractivity contribution < 1.29 is 13.5 Å². The Morgan fingerprint density at radius 3 is 2.67 bits per heavy atom. The van der Waals surface area contributed by atoms with Crippen LogP contribution in [0.3, 0.4) is 0 Å². The smallest absolute Gasteiger partial charge is 0.127 e. The molecule has 0 aromatic heterocycles. The van der Waals surface area contributed by atoms with Gasteiger partial charge in [-0.15, -0.1) is 0 Å². The van der Waals surface area contributed by atoms with E-state index in [-0.39, 0.29) is 5.84 Å². The quantitative estimate of drug-likeness (QED) is 0.628. The van der Waals surface area contributed by atoms with E-state index in [9.17, 15) is 8.78 Å². The zero-order valence-corrected chi connectivity index (χ0v) is 9.83. The number of nitrogens with two attached hydrogens (primary N) is 1. The molecule has 0 aliphatic carbocycles. The maximum Gasteiger partial charge on any atom is 0.127 e. The van der Waals surface area contributed by atoms with Crippen LogP contribution in [0, 0.1) is 17.0 Å². The second kappa shape index (κ2) is 5.41. The van der Waals surface area contributed by atoms with E-state index in [0.29, 0.717) is 31.8 Å². The van der Waals surface area contributed by atoms with Crippen molar-refractivity contribution in [2.24, 2.45) is 5.73 Å². The predicted octanol–water partition coefficient (Wildman–Crippen LogP) is 1.10. The average Bonchev–Trinajstić information content (AvgIpc) is 2.27. The van der Waals surface area contributed by atoms with E-state index < -0.39 is 17.7 Å². The van der Waals surface area contributed by atoms with Crippen molar-refractivity contribution in [1.29, 1.82) is 5.41 Å². The van der Waals surface area contributed by atoms with E-state index >= 15 is 0 Å². The molecule has 98 valence electrons. The summed E-state index contributed by atoms with van der Waals surface area (Å²) in [7, 11) is 0. The van der Waals surface area contributed by atoms with Crippen LogP contribution in [-0.2, 0) is 11.3 Å². The molecule has 0 amide bonds. The van der Waals surface area contributed by atoms with Crippen LogP contribution in [0.2, 0.25) is 0 Å². The summed E-state index contributed by atoms with van der Waals surface area (Å²) in [5.74, 6) is -1.19. The standard InChI is InChI=1S/C12H15F2N3O/c13-9-3-8(4-10(14)5-9)6-17-1-2-18-11(7-17)12(15)16/h3-5,11H,1-2,6-7H2,(H3,15,16). The SMILES string of the molecule is N=C(N)C1CN(Cc2cc(F)cc(F)c2)CCO1. The molecule has 0 saturated carbocycles. The van der Waals surface area contributed by atoms with Gasteiger partial charge in [0.05, 0.1) is 6.61 Å². The largest absolute Gasteiger partial charge is 0.385 e. The molecular formula is C12H15F2N3O. The molecule has 1 unspecified atom stereocenters. The maximum absolute atomic E-state index is 13.0. The first kappa shape index (κ1) is 12.9. The lowest BCUT2D eigenvalue weighted by atomic mass is 10.1. The number of halogens is 2. The monoisotopic (exact) mass is 255 g/mol. The van der Waals surface area contributed by atoms with Gasteiger partial charge in [-0.25, -0.2) is 8.78 Å². The minimum Gasteiger partial charge on any atom is -0.385 e. The Balaban J connectivity index is 2.02. The summed E-state index contributed by atoms with van der Waals surface area (Å²) >= 11 is 0. The number of hydrogen-bond acceptors (Lipinski definition) is 3. The van der Waals surface area contributed by atoms with Gasteiger partial charge in [0.15, 0.2) is 0 Å². The van der Waals surface area contributed by atoms with E-state index in [1.807, 2.05) is 4.90 Å². The van der Waals surface area contributed by atoms with Gasteiger partial charge in [0.25, 0.3) is 0 Å². The number of ether oxygens (including phenoxy) is 1. The van der Waals surface area contributed by atoms with E-state index in [2.05, 4.69) is 0 Å². The highest BCUT2D eigenvalue weighted by molar-refractivity contribution is 5.82. The van der Waals surface area contributed by atoms with Crippen LogP contribution in [-0.4, -0.2) is 36.5 Å². The summed E-state index contributed by atoms with van der Waals surface area (Å²) in [6, 6.07) is 3.46. The Hall–Kier alpha value is -1.53. The molecule has 1 aliphatic heterocycles. The highest BCUT2D eigenvalue weighted by Gasteiger charge is 2.22. The van der Waals surface area contributed by atoms with Gasteiger partial charge in [0, 0.05) is 25.7 Å². The van der Waals surface area contributed by atoms with Gasteiger partial charge >= 0.3 is 0 Å². The van der Waals surface area contributed by atoms with E-state index in [1.165, 1.54) is 12.1 Å². The first-order valence-electron chi connectivity index (χ1n) is 5.67. The van der Waals surface area contributed by atoms with Crippen LogP contribution < -0.4 is 5.73 Å². The maximum atomic E-state index is 13.0. The third kappa shape index (κ3) is 3.24. The van der Waals surface area contributed by atoms with Crippen LogP contribution in [0.25, 0.3) is 0 Å². The van der Waals surface area contributed by atoms with Crippen molar-refractivity contribution in [2.75, 3.05) is 19.7 Å². The Kier molecular flexibility index (Phi) is 3.88. The topological polar surface area (TPSA) is 62.3 Å². The van der Waals surface area contributed by atoms with Crippen molar-refractivity contribution in [3.8, 4) is 0 Å². The first-order valence-corrected chi connectivity index (χ1v) is 5.67. The summed E-state index contributed by atoms with van der Waals surface area (Å²) in [4.78, 5) is 1.96. The minimum absolute atomic E-state index is 0.0230. The zero-order valence-electron chi connectivity index (χ0n) is 9.83. The lowest BCUT2D eigenvalue weighted by Crippen LogP contribution is -2.47. The summed E-state index contributed by atoms with van der Waals surface area (Å²) < 4.78 is 31.4. The lowest BCUT2D eigenvalue weighted by molar-refractivity contribution is 0.00231. The number of hydrogen-bond donors (Lipinski definition) is 2.